The maximum atomic E-state index is 13.0. The highest BCUT2D eigenvalue weighted by Crippen LogP contribution is 2.31. The fourth-order valence-electron chi connectivity index (χ4n) is 3.79. The maximum absolute atomic E-state index is 13.0. The van der Waals surface area contributed by atoms with E-state index >= 15 is 0 Å². The monoisotopic (exact) mass is 615 g/mol. The summed E-state index contributed by atoms with van der Waals surface area (Å²) in [7, 11) is 0. The Morgan fingerprint density at radius 2 is 1.80 bits per heavy atom. The van der Waals surface area contributed by atoms with Crippen molar-refractivity contribution in [2.75, 3.05) is 11.1 Å². The van der Waals surface area contributed by atoms with E-state index in [1.807, 2.05) is 34.9 Å². The number of aromatic nitrogens is 4. The van der Waals surface area contributed by atoms with Crippen molar-refractivity contribution in [2.45, 2.75) is 24.4 Å². The second-order valence-electron chi connectivity index (χ2n) is 8.66. The fourth-order valence-corrected chi connectivity index (χ4v) is 5.55. The van der Waals surface area contributed by atoms with Crippen molar-refractivity contribution in [3.8, 4) is 11.4 Å². The molecule has 0 aliphatic heterocycles. The smallest absolute Gasteiger partial charge is 0.416 e. The normalized spacial score (nSPS) is 11.4. The lowest BCUT2D eigenvalue weighted by molar-refractivity contribution is -0.137. The quantitative estimate of drug-likeness (QED) is 0.166. The molecule has 0 saturated carbocycles. The van der Waals surface area contributed by atoms with Crippen LogP contribution in [-0.4, -0.2) is 31.4 Å². The van der Waals surface area contributed by atoms with Crippen LogP contribution in [0.4, 0.5) is 18.3 Å². The molecule has 2 heterocycles. The van der Waals surface area contributed by atoms with E-state index in [9.17, 15) is 18.0 Å². The van der Waals surface area contributed by atoms with Crippen LogP contribution in [0, 0.1) is 0 Å². The Labute approximate surface area is 246 Å². The van der Waals surface area contributed by atoms with E-state index in [4.69, 9.17) is 16.3 Å². The first-order chi connectivity index (χ1) is 19.7. The molecule has 3 aromatic carbocycles. The van der Waals surface area contributed by atoms with E-state index < -0.39 is 11.7 Å². The summed E-state index contributed by atoms with van der Waals surface area (Å²) < 4.78 is 46.7. The summed E-state index contributed by atoms with van der Waals surface area (Å²) in [6.07, 6.45) is -2.59. The lowest BCUT2D eigenvalue weighted by atomic mass is 10.1. The highest BCUT2D eigenvalue weighted by molar-refractivity contribution is 7.99. The minimum absolute atomic E-state index is 0.0333. The molecule has 0 unspecified atom stereocenters. The van der Waals surface area contributed by atoms with E-state index in [0.29, 0.717) is 32.4 Å². The molecule has 41 heavy (non-hydrogen) atoms. The Morgan fingerprint density at radius 1 is 1.02 bits per heavy atom. The van der Waals surface area contributed by atoms with Gasteiger partial charge < -0.3 is 10.1 Å². The molecule has 0 aliphatic rings. The van der Waals surface area contributed by atoms with Gasteiger partial charge in [-0.05, 0) is 48.0 Å². The number of amides is 1. The highest BCUT2D eigenvalue weighted by Gasteiger charge is 2.30. The van der Waals surface area contributed by atoms with Gasteiger partial charge in [0, 0.05) is 28.2 Å². The van der Waals surface area contributed by atoms with E-state index in [-0.39, 0.29) is 24.7 Å². The maximum Gasteiger partial charge on any atom is 0.416 e. The van der Waals surface area contributed by atoms with Crippen molar-refractivity contribution in [1.29, 1.82) is 0 Å². The molecule has 0 radical (unpaired) electrons. The van der Waals surface area contributed by atoms with Gasteiger partial charge in [0.05, 0.1) is 11.3 Å². The minimum Gasteiger partial charge on any atom is -0.486 e. The number of rotatable bonds is 10. The molecule has 7 nitrogen and oxygen atoms in total. The van der Waals surface area contributed by atoms with Gasteiger partial charge in [0.1, 0.15) is 12.4 Å². The van der Waals surface area contributed by atoms with Crippen molar-refractivity contribution in [2.24, 2.45) is 0 Å². The second kappa shape index (κ2) is 12.8. The molecule has 13 heteroatoms. The van der Waals surface area contributed by atoms with Crippen LogP contribution in [0.3, 0.4) is 0 Å². The zero-order chi connectivity index (χ0) is 28.8. The second-order valence-corrected chi connectivity index (χ2v) is 11.1. The first-order valence-electron chi connectivity index (χ1n) is 12.2. The summed E-state index contributed by atoms with van der Waals surface area (Å²) in [5.41, 5.74) is 0.621. The molecule has 0 aliphatic carbocycles. The third-order valence-corrected chi connectivity index (χ3v) is 7.75. The highest BCUT2D eigenvalue weighted by atomic mass is 35.5. The zero-order valence-electron chi connectivity index (χ0n) is 21.1. The Balaban J connectivity index is 1.22. The average molecular weight is 616 g/mol. The van der Waals surface area contributed by atoms with Crippen LogP contribution >= 0.6 is 34.7 Å². The van der Waals surface area contributed by atoms with Crippen LogP contribution in [0.25, 0.3) is 5.69 Å². The number of benzene rings is 3. The number of ether oxygens (including phenoxy) is 1. The topological polar surface area (TPSA) is 81.9 Å². The number of carbonyl (C=O) groups excluding carboxylic acids is 1. The fraction of sp³-hybridized carbons (Fsp3) is 0.143. The summed E-state index contributed by atoms with van der Waals surface area (Å²) in [4.78, 5) is 17.6. The van der Waals surface area contributed by atoms with Crippen molar-refractivity contribution < 1.29 is 22.7 Å². The Kier molecular flexibility index (Phi) is 8.91. The molecule has 0 saturated heterocycles. The number of nitrogens with zero attached hydrogens (tertiary/aromatic N) is 4. The molecule has 210 valence electrons. The largest absolute Gasteiger partial charge is 0.486 e. The van der Waals surface area contributed by atoms with Crippen LogP contribution in [0.1, 0.15) is 21.8 Å². The van der Waals surface area contributed by atoms with Gasteiger partial charge in [-0.1, -0.05) is 59.8 Å². The summed E-state index contributed by atoms with van der Waals surface area (Å²) >= 11 is 8.36. The van der Waals surface area contributed by atoms with Crippen molar-refractivity contribution in [3.63, 3.8) is 0 Å². The number of hydrogen-bond donors (Lipinski definition) is 1. The predicted octanol–water partition coefficient (Wildman–Crippen LogP) is 7.30. The SMILES string of the molecule is O=C(CSc1nnc(COc2ccc(Cl)cc2)n1-c1ccccc1)Nc1ncc(Cc2cccc(C(F)(F)F)c2)s1. The number of para-hydroxylation sites is 1. The molecule has 1 N–H and O–H groups in total. The van der Waals surface area contributed by atoms with E-state index in [0.717, 1.165) is 22.7 Å². The number of anilines is 1. The third kappa shape index (κ3) is 7.66. The molecule has 5 rings (SSSR count). The van der Waals surface area contributed by atoms with Gasteiger partial charge in [-0.15, -0.1) is 21.5 Å². The molecule has 0 atom stereocenters. The number of carbonyl (C=O) groups is 1. The number of halogens is 4. The Hall–Kier alpha value is -3.87. The number of thioether (sulfide) groups is 1. The molecule has 1 amide bonds. The standard InChI is InChI=1S/C28H21ClF3N5O2S2/c29-20-9-11-22(12-10-20)39-16-24-35-36-27(37(24)21-7-2-1-3-8-21)40-17-25(38)34-26-33-15-23(41-26)14-18-5-4-6-19(13-18)28(30,31)32/h1-13,15H,14,16-17H2,(H,33,34,38). The Bertz CT molecular complexity index is 1630. The van der Waals surface area contributed by atoms with E-state index in [1.165, 1.54) is 29.2 Å². The predicted molar refractivity (Wildman–Crippen MR) is 153 cm³/mol. The molecular formula is C28H21ClF3N5O2S2. The summed E-state index contributed by atoms with van der Waals surface area (Å²) in [5, 5.41) is 12.8. The lowest BCUT2D eigenvalue weighted by Crippen LogP contribution is -2.14. The molecular weight excluding hydrogens is 595 g/mol. The van der Waals surface area contributed by atoms with Gasteiger partial charge >= 0.3 is 6.18 Å². The first-order valence-corrected chi connectivity index (χ1v) is 14.3. The van der Waals surface area contributed by atoms with Crippen LogP contribution in [0.15, 0.2) is 90.2 Å². The van der Waals surface area contributed by atoms with Crippen LogP contribution in [0.5, 0.6) is 5.75 Å². The van der Waals surface area contributed by atoms with E-state index in [1.54, 1.807) is 36.5 Å². The van der Waals surface area contributed by atoms with Gasteiger partial charge in [-0.25, -0.2) is 4.98 Å². The lowest BCUT2D eigenvalue weighted by Gasteiger charge is -2.11. The first kappa shape index (κ1) is 28.7. The van der Waals surface area contributed by atoms with Crippen LogP contribution < -0.4 is 10.1 Å². The molecule has 2 aromatic heterocycles. The minimum atomic E-state index is -4.41. The average Bonchev–Trinajstić information content (AvgIpc) is 3.58. The summed E-state index contributed by atoms with van der Waals surface area (Å²) in [6.45, 7) is 0.143. The number of alkyl halides is 3. The van der Waals surface area contributed by atoms with E-state index in [2.05, 4.69) is 20.5 Å². The number of nitrogens with one attached hydrogen (secondary N) is 1. The van der Waals surface area contributed by atoms with Crippen molar-refractivity contribution >= 4 is 45.7 Å². The zero-order valence-corrected chi connectivity index (χ0v) is 23.5. The third-order valence-electron chi connectivity index (χ3n) is 5.66. The molecule has 5 aromatic rings. The number of thiazole rings is 1. The van der Waals surface area contributed by atoms with Gasteiger partial charge in [0.15, 0.2) is 16.1 Å². The molecule has 0 spiro atoms. The number of hydrogen-bond acceptors (Lipinski definition) is 7. The van der Waals surface area contributed by atoms with Crippen molar-refractivity contribution in [1.82, 2.24) is 19.7 Å². The summed E-state index contributed by atoms with van der Waals surface area (Å²) in [6, 6.07) is 21.6. The van der Waals surface area contributed by atoms with Gasteiger partial charge in [0.25, 0.3) is 0 Å². The molecule has 0 fully saturated rings. The van der Waals surface area contributed by atoms with Gasteiger partial charge in [-0.2, -0.15) is 13.2 Å². The Morgan fingerprint density at radius 3 is 2.56 bits per heavy atom. The van der Waals surface area contributed by atoms with Gasteiger partial charge in [-0.3, -0.25) is 9.36 Å². The van der Waals surface area contributed by atoms with Gasteiger partial charge in [0.2, 0.25) is 5.91 Å². The van der Waals surface area contributed by atoms with Crippen molar-refractivity contribution in [3.05, 3.63) is 112 Å². The summed E-state index contributed by atoms with van der Waals surface area (Å²) in [5.74, 6) is 0.900. The van der Waals surface area contributed by atoms with Crippen LogP contribution in [0.2, 0.25) is 5.02 Å². The van der Waals surface area contributed by atoms with Crippen LogP contribution in [-0.2, 0) is 24.0 Å². The molecule has 0 bridgehead atoms.